The van der Waals surface area contributed by atoms with Gasteiger partial charge < -0.3 is 0 Å². The largest absolute Gasteiger partial charge is 0.228 e. The van der Waals surface area contributed by atoms with E-state index in [1.54, 1.807) is 0 Å². The first-order valence-corrected chi connectivity index (χ1v) is 19.3. The molecule has 56 heavy (non-hydrogen) atoms. The molecule has 1 aromatic heterocycles. The lowest BCUT2D eigenvalue weighted by molar-refractivity contribution is 0.714. The molecule has 1 aliphatic rings. The van der Waals surface area contributed by atoms with Gasteiger partial charge >= 0.3 is 0 Å². The number of fused-ring (bicyclic) bond motifs is 7. The van der Waals surface area contributed by atoms with Crippen molar-refractivity contribution < 1.29 is 0 Å². The van der Waals surface area contributed by atoms with Gasteiger partial charge in [0, 0.05) is 22.1 Å². The summed E-state index contributed by atoms with van der Waals surface area (Å²) in [6.07, 6.45) is 0. The number of rotatable bonds is 5. The number of benzene rings is 9. The van der Waals surface area contributed by atoms with Crippen molar-refractivity contribution in [2.24, 2.45) is 0 Å². The molecule has 1 heterocycles. The van der Waals surface area contributed by atoms with Crippen LogP contribution in [0.15, 0.2) is 200 Å². The molecule has 2 heteroatoms. The molecular weight excluding hydrogens is 677 g/mol. The van der Waals surface area contributed by atoms with E-state index in [-0.39, 0.29) is 5.41 Å². The van der Waals surface area contributed by atoms with Crippen LogP contribution in [0.4, 0.5) is 0 Å². The normalized spacial score (nSPS) is 14.6. The number of aromatic nitrogens is 2. The summed E-state index contributed by atoms with van der Waals surface area (Å²) in [5.74, 6) is 0.704. The fourth-order valence-electron chi connectivity index (χ4n) is 9.14. The lowest BCUT2D eigenvalue weighted by Gasteiger charge is -2.28. The van der Waals surface area contributed by atoms with Gasteiger partial charge in [0.1, 0.15) is 0 Å². The Morgan fingerprint density at radius 2 is 0.964 bits per heavy atom. The van der Waals surface area contributed by atoms with Crippen LogP contribution in [-0.2, 0) is 5.41 Å². The van der Waals surface area contributed by atoms with Crippen molar-refractivity contribution in [2.45, 2.75) is 12.3 Å². The van der Waals surface area contributed by atoms with Crippen LogP contribution in [0, 0.1) is 0 Å². The van der Waals surface area contributed by atoms with E-state index >= 15 is 0 Å². The number of hydrogen-bond donors (Lipinski definition) is 0. The summed E-state index contributed by atoms with van der Waals surface area (Å²) in [4.78, 5) is 10.5. The Bertz CT molecular complexity index is 3130. The highest BCUT2D eigenvalue weighted by Crippen LogP contribution is 2.53. The molecule has 0 amide bonds. The molecule has 1 atom stereocenters. The van der Waals surface area contributed by atoms with E-state index in [0.29, 0.717) is 5.82 Å². The monoisotopic (exact) mass is 712 g/mol. The first kappa shape index (κ1) is 32.3. The molecule has 0 radical (unpaired) electrons. The van der Waals surface area contributed by atoms with E-state index < -0.39 is 0 Å². The summed E-state index contributed by atoms with van der Waals surface area (Å²) in [5.41, 5.74) is 13.5. The third-order valence-corrected chi connectivity index (χ3v) is 11.9. The molecule has 0 spiro atoms. The molecule has 1 unspecified atom stereocenters. The van der Waals surface area contributed by atoms with Gasteiger partial charge in [-0.2, -0.15) is 0 Å². The van der Waals surface area contributed by atoms with Gasteiger partial charge in [-0.15, -0.1) is 0 Å². The molecule has 2 nitrogen and oxygen atoms in total. The van der Waals surface area contributed by atoms with Crippen LogP contribution >= 0.6 is 0 Å². The molecule has 0 aliphatic heterocycles. The minimum Gasteiger partial charge on any atom is -0.228 e. The maximum atomic E-state index is 5.33. The Morgan fingerprint density at radius 3 is 1.77 bits per heavy atom. The van der Waals surface area contributed by atoms with Crippen LogP contribution in [0.25, 0.3) is 88.5 Å². The molecule has 0 saturated heterocycles. The highest BCUT2D eigenvalue weighted by molar-refractivity contribution is 6.22. The standard InChI is InChI=1S/C54H36N2/c1-54(42-18-6-3-7-19-42)47-23-13-12-22-45(47)46-31-30-40(33-48(46)54)50-34-49(36-15-4-2-5-16-36)55-53(56-50)38-27-25-37(26-28-38)51-44-21-11-9-17-39(44)32-41-29-24-35-14-8-10-20-43(35)52(41)51/h2-34H,1H3. The zero-order valence-corrected chi connectivity index (χ0v) is 30.9. The molecule has 0 saturated carbocycles. The fourth-order valence-corrected chi connectivity index (χ4v) is 9.14. The van der Waals surface area contributed by atoms with Crippen LogP contribution < -0.4 is 0 Å². The van der Waals surface area contributed by atoms with Gasteiger partial charge in [-0.25, -0.2) is 9.97 Å². The van der Waals surface area contributed by atoms with Gasteiger partial charge in [0.15, 0.2) is 5.82 Å². The van der Waals surface area contributed by atoms with Gasteiger partial charge in [0.2, 0.25) is 0 Å². The third kappa shape index (κ3) is 5.03. The Hall–Kier alpha value is -7.16. The van der Waals surface area contributed by atoms with Gasteiger partial charge in [-0.1, -0.05) is 182 Å². The van der Waals surface area contributed by atoms with Crippen LogP contribution in [-0.4, -0.2) is 9.97 Å². The predicted molar refractivity (Wildman–Crippen MR) is 234 cm³/mol. The first-order valence-electron chi connectivity index (χ1n) is 19.3. The van der Waals surface area contributed by atoms with Gasteiger partial charge in [0.05, 0.1) is 11.4 Å². The van der Waals surface area contributed by atoms with Crippen molar-refractivity contribution in [3.63, 3.8) is 0 Å². The number of nitrogens with zero attached hydrogens (tertiary/aromatic N) is 2. The second-order valence-electron chi connectivity index (χ2n) is 15.1. The predicted octanol–water partition coefficient (Wildman–Crippen LogP) is 13.9. The third-order valence-electron chi connectivity index (χ3n) is 11.9. The van der Waals surface area contributed by atoms with Crippen molar-refractivity contribution in [1.82, 2.24) is 9.97 Å². The molecule has 9 aromatic carbocycles. The average Bonchev–Trinajstić information content (AvgIpc) is 3.54. The SMILES string of the molecule is CC1(c2ccccc2)c2ccccc2-c2ccc(-c3cc(-c4ccccc4)nc(-c4ccc(-c5c6ccccc6cc6ccc7ccccc7c56)cc4)n3)cc21. The van der Waals surface area contributed by atoms with Crippen LogP contribution in [0.3, 0.4) is 0 Å². The minimum absolute atomic E-state index is 0.297. The zero-order chi connectivity index (χ0) is 37.2. The van der Waals surface area contributed by atoms with E-state index in [4.69, 9.17) is 9.97 Å². The first-order chi connectivity index (χ1) is 27.6. The van der Waals surface area contributed by atoms with E-state index in [0.717, 1.165) is 28.1 Å². The van der Waals surface area contributed by atoms with E-state index in [9.17, 15) is 0 Å². The summed E-state index contributed by atoms with van der Waals surface area (Å²) in [6, 6.07) is 72.3. The van der Waals surface area contributed by atoms with Crippen molar-refractivity contribution in [3.05, 3.63) is 217 Å². The van der Waals surface area contributed by atoms with E-state index in [2.05, 4.69) is 201 Å². The Kier molecular flexibility index (Phi) is 7.33. The molecule has 10 aromatic rings. The van der Waals surface area contributed by atoms with Gasteiger partial charge in [0.25, 0.3) is 0 Å². The number of hydrogen-bond acceptors (Lipinski definition) is 2. The Labute approximate surface area is 326 Å². The minimum atomic E-state index is -0.297. The van der Waals surface area contributed by atoms with Crippen LogP contribution in [0.5, 0.6) is 0 Å². The highest BCUT2D eigenvalue weighted by atomic mass is 14.9. The zero-order valence-electron chi connectivity index (χ0n) is 30.9. The Balaban J connectivity index is 1.07. The molecule has 1 aliphatic carbocycles. The average molecular weight is 713 g/mol. The smallest absolute Gasteiger partial charge is 0.160 e. The Morgan fingerprint density at radius 1 is 0.375 bits per heavy atom. The second kappa shape index (κ2) is 12.7. The fraction of sp³-hybridized carbons (Fsp3) is 0.0370. The summed E-state index contributed by atoms with van der Waals surface area (Å²) < 4.78 is 0. The van der Waals surface area contributed by atoms with Crippen LogP contribution in [0.1, 0.15) is 23.6 Å². The van der Waals surface area contributed by atoms with Crippen molar-refractivity contribution in [1.29, 1.82) is 0 Å². The molecule has 0 fully saturated rings. The van der Waals surface area contributed by atoms with E-state index in [1.165, 1.54) is 71.3 Å². The quantitative estimate of drug-likeness (QED) is 0.131. The molecule has 262 valence electrons. The topological polar surface area (TPSA) is 25.8 Å². The molecular formula is C54H36N2. The molecule has 0 bridgehead atoms. The lowest BCUT2D eigenvalue weighted by Crippen LogP contribution is -2.22. The summed E-state index contributed by atoms with van der Waals surface area (Å²) in [7, 11) is 0. The van der Waals surface area contributed by atoms with Crippen molar-refractivity contribution >= 4 is 32.3 Å². The second-order valence-corrected chi connectivity index (χ2v) is 15.1. The lowest BCUT2D eigenvalue weighted by atomic mass is 9.74. The summed E-state index contributed by atoms with van der Waals surface area (Å²) >= 11 is 0. The summed E-state index contributed by atoms with van der Waals surface area (Å²) in [5, 5.41) is 7.51. The summed E-state index contributed by atoms with van der Waals surface area (Å²) in [6.45, 7) is 2.36. The molecule has 11 rings (SSSR count). The van der Waals surface area contributed by atoms with E-state index in [1.807, 2.05) is 6.07 Å². The van der Waals surface area contributed by atoms with Gasteiger partial charge in [-0.3, -0.25) is 0 Å². The van der Waals surface area contributed by atoms with Crippen molar-refractivity contribution in [3.8, 4) is 56.2 Å². The van der Waals surface area contributed by atoms with Crippen molar-refractivity contribution in [2.75, 3.05) is 0 Å². The van der Waals surface area contributed by atoms with Crippen LogP contribution in [0.2, 0.25) is 0 Å². The van der Waals surface area contributed by atoms with Gasteiger partial charge in [-0.05, 0) is 96.4 Å². The molecule has 0 N–H and O–H groups in total. The maximum absolute atomic E-state index is 5.33. The highest BCUT2D eigenvalue weighted by Gasteiger charge is 2.40. The maximum Gasteiger partial charge on any atom is 0.160 e.